The molecule has 2 N–H and O–H groups in total. The van der Waals surface area contributed by atoms with Gasteiger partial charge < -0.3 is 15.4 Å². The molecular weight excluding hydrogens is 240 g/mol. The molecule has 0 spiro atoms. The van der Waals surface area contributed by atoms with Crippen molar-refractivity contribution in [3.63, 3.8) is 0 Å². The summed E-state index contributed by atoms with van der Waals surface area (Å²) < 4.78 is 5.90. The van der Waals surface area contributed by atoms with Crippen molar-refractivity contribution in [2.24, 2.45) is 0 Å². The molecule has 1 atom stereocenters. The molecule has 0 saturated heterocycles. The average Bonchev–Trinajstić information content (AvgIpc) is 2.38. The minimum atomic E-state index is -0.0161. The van der Waals surface area contributed by atoms with Gasteiger partial charge in [0.25, 0.3) is 0 Å². The predicted octanol–water partition coefficient (Wildman–Crippen LogP) is 2.01. The highest BCUT2D eigenvalue weighted by Gasteiger charge is 2.09. The summed E-state index contributed by atoms with van der Waals surface area (Å²) in [5.41, 5.74) is 2.17. The Morgan fingerprint density at radius 3 is 2.79 bits per heavy atom. The summed E-state index contributed by atoms with van der Waals surface area (Å²) in [6.07, 6.45) is 1.13. The number of carbonyl (C=O) groups is 1. The maximum atomic E-state index is 11.5. The van der Waals surface area contributed by atoms with Crippen LogP contribution in [0.4, 0.5) is 0 Å². The first-order chi connectivity index (χ1) is 9.06. The number of ether oxygens (including phenoxy) is 1. The fourth-order valence-electron chi connectivity index (χ4n) is 1.63. The summed E-state index contributed by atoms with van der Waals surface area (Å²) in [5, 5.41) is 5.70. The van der Waals surface area contributed by atoms with E-state index < -0.39 is 0 Å². The monoisotopic (exact) mass is 264 g/mol. The maximum Gasteiger partial charge on any atom is 0.234 e. The third-order valence-corrected chi connectivity index (χ3v) is 2.94. The van der Waals surface area contributed by atoms with Crippen LogP contribution in [0.1, 0.15) is 31.4 Å². The van der Waals surface area contributed by atoms with Gasteiger partial charge in [-0.3, -0.25) is 4.79 Å². The van der Waals surface area contributed by atoms with Gasteiger partial charge in [0.1, 0.15) is 5.75 Å². The van der Waals surface area contributed by atoms with E-state index in [1.807, 2.05) is 32.0 Å². The minimum Gasteiger partial charge on any atom is -0.490 e. The SMILES string of the molecule is CCC(C)Oc1cc(C)ccc1CNC(=O)CNC. The van der Waals surface area contributed by atoms with Crippen LogP contribution in [0.15, 0.2) is 18.2 Å². The molecule has 0 aliphatic rings. The second kappa shape index (κ2) is 7.79. The van der Waals surface area contributed by atoms with Gasteiger partial charge in [-0.1, -0.05) is 19.1 Å². The average molecular weight is 264 g/mol. The minimum absolute atomic E-state index is 0.0161. The van der Waals surface area contributed by atoms with Gasteiger partial charge in [0.2, 0.25) is 5.91 Å². The van der Waals surface area contributed by atoms with Gasteiger partial charge in [0, 0.05) is 12.1 Å². The van der Waals surface area contributed by atoms with Crippen molar-refractivity contribution in [1.29, 1.82) is 0 Å². The number of aryl methyl sites for hydroxylation is 1. The molecule has 0 bridgehead atoms. The Hall–Kier alpha value is -1.55. The van der Waals surface area contributed by atoms with Crippen LogP contribution in [0.5, 0.6) is 5.75 Å². The molecular formula is C15H24N2O2. The summed E-state index contributed by atoms with van der Waals surface area (Å²) in [7, 11) is 1.75. The lowest BCUT2D eigenvalue weighted by Crippen LogP contribution is -2.31. The van der Waals surface area contributed by atoms with Crippen LogP contribution in [0, 0.1) is 6.92 Å². The van der Waals surface area contributed by atoms with Crippen molar-refractivity contribution in [2.75, 3.05) is 13.6 Å². The van der Waals surface area contributed by atoms with E-state index in [0.29, 0.717) is 13.1 Å². The van der Waals surface area contributed by atoms with Gasteiger partial charge in [0.15, 0.2) is 0 Å². The Bertz CT molecular complexity index is 419. The zero-order valence-corrected chi connectivity index (χ0v) is 12.2. The number of likely N-dealkylation sites (N-methyl/N-ethyl adjacent to an activating group) is 1. The normalized spacial score (nSPS) is 12.0. The molecule has 4 heteroatoms. The third-order valence-electron chi connectivity index (χ3n) is 2.94. The van der Waals surface area contributed by atoms with Crippen molar-refractivity contribution in [2.45, 2.75) is 39.8 Å². The zero-order valence-electron chi connectivity index (χ0n) is 12.2. The number of hydrogen-bond acceptors (Lipinski definition) is 3. The molecule has 0 radical (unpaired) electrons. The second-order valence-electron chi connectivity index (χ2n) is 4.75. The smallest absolute Gasteiger partial charge is 0.234 e. The maximum absolute atomic E-state index is 11.5. The summed E-state index contributed by atoms with van der Waals surface area (Å²) in [6, 6.07) is 6.06. The first-order valence-corrected chi connectivity index (χ1v) is 6.74. The summed E-state index contributed by atoms with van der Waals surface area (Å²) in [5.74, 6) is 0.844. The highest BCUT2D eigenvalue weighted by Crippen LogP contribution is 2.22. The van der Waals surface area contributed by atoms with Crippen molar-refractivity contribution in [3.8, 4) is 5.75 Å². The Kier molecular flexibility index (Phi) is 6.36. The lowest BCUT2D eigenvalue weighted by atomic mass is 10.1. The first-order valence-electron chi connectivity index (χ1n) is 6.74. The van der Waals surface area contributed by atoms with Crippen LogP contribution in [0.3, 0.4) is 0 Å². The van der Waals surface area contributed by atoms with Crippen LogP contribution in [-0.2, 0) is 11.3 Å². The summed E-state index contributed by atoms with van der Waals surface area (Å²) in [6.45, 7) is 6.99. The molecule has 1 unspecified atom stereocenters. The molecule has 106 valence electrons. The summed E-state index contributed by atoms with van der Waals surface area (Å²) in [4.78, 5) is 11.5. The number of rotatable bonds is 7. The van der Waals surface area contributed by atoms with Crippen LogP contribution in [0.2, 0.25) is 0 Å². The van der Waals surface area contributed by atoms with Crippen LogP contribution in [0.25, 0.3) is 0 Å². The Morgan fingerprint density at radius 1 is 1.42 bits per heavy atom. The van der Waals surface area contributed by atoms with E-state index in [-0.39, 0.29) is 12.0 Å². The molecule has 4 nitrogen and oxygen atoms in total. The molecule has 1 aromatic carbocycles. The van der Waals surface area contributed by atoms with Gasteiger partial charge >= 0.3 is 0 Å². The molecule has 0 heterocycles. The van der Waals surface area contributed by atoms with Gasteiger partial charge in [0.05, 0.1) is 12.6 Å². The molecule has 0 aromatic heterocycles. The molecule has 1 rings (SSSR count). The number of amides is 1. The van der Waals surface area contributed by atoms with Crippen molar-refractivity contribution in [3.05, 3.63) is 29.3 Å². The lowest BCUT2D eigenvalue weighted by molar-refractivity contribution is -0.120. The fourth-order valence-corrected chi connectivity index (χ4v) is 1.63. The topological polar surface area (TPSA) is 50.4 Å². The summed E-state index contributed by atoms with van der Waals surface area (Å²) >= 11 is 0. The van der Waals surface area contributed by atoms with Crippen molar-refractivity contribution >= 4 is 5.91 Å². The third kappa shape index (κ3) is 5.30. The van der Waals surface area contributed by atoms with Gasteiger partial charge in [-0.05, 0) is 38.9 Å². The van der Waals surface area contributed by atoms with E-state index in [0.717, 1.165) is 23.3 Å². The largest absolute Gasteiger partial charge is 0.490 e. The van der Waals surface area contributed by atoms with Gasteiger partial charge in [-0.25, -0.2) is 0 Å². The van der Waals surface area contributed by atoms with E-state index in [9.17, 15) is 4.79 Å². The van der Waals surface area contributed by atoms with E-state index in [1.165, 1.54) is 0 Å². The van der Waals surface area contributed by atoms with Crippen molar-refractivity contribution in [1.82, 2.24) is 10.6 Å². The Balaban J connectivity index is 2.73. The van der Waals surface area contributed by atoms with E-state index in [4.69, 9.17) is 4.74 Å². The molecule has 19 heavy (non-hydrogen) atoms. The molecule has 0 saturated carbocycles. The first kappa shape index (κ1) is 15.5. The highest BCUT2D eigenvalue weighted by atomic mass is 16.5. The number of hydrogen-bond donors (Lipinski definition) is 2. The number of nitrogens with one attached hydrogen (secondary N) is 2. The lowest BCUT2D eigenvalue weighted by Gasteiger charge is -2.17. The molecule has 0 aliphatic heterocycles. The van der Waals surface area contributed by atoms with Crippen LogP contribution in [-0.4, -0.2) is 25.6 Å². The van der Waals surface area contributed by atoms with Crippen LogP contribution < -0.4 is 15.4 Å². The van der Waals surface area contributed by atoms with Gasteiger partial charge in [-0.2, -0.15) is 0 Å². The Labute approximate surface area is 115 Å². The van der Waals surface area contributed by atoms with E-state index in [1.54, 1.807) is 7.05 Å². The Morgan fingerprint density at radius 2 is 2.16 bits per heavy atom. The van der Waals surface area contributed by atoms with E-state index >= 15 is 0 Å². The predicted molar refractivity (Wildman–Crippen MR) is 77.3 cm³/mol. The number of carbonyl (C=O) groups excluding carboxylic acids is 1. The second-order valence-corrected chi connectivity index (χ2v) is 4.75. The molecule has 0 aliphatic carbocycles. The van der Waals surface area contributed by atoms with Gasteiger partial charge in [-0.15, -0.1) is 0 Å². The fraction of sp³-hybridized carbons (Fsp3) is 0.533. The van der Waals surface area contributed by atoms with Crippen LogP contribution >= 0.6 is 0 Å². The molecule has 0 fully saturated rings. The molecule has 1 amide bonds. The highest BCUT2D eigenvalue weighted by molar-refractivity contribution is 5.78. The van der Waals surface area contributed by atoms with E-state index in [2.05, 4.69) is 17.6 Å². The standard InChI is InChI=1S/C15H24N2O2/c1-5-12(3)19-14-8-11(2)6-7-13(14)9-17-15(18)10-16-4/h6-8,12,16H,5,9-10H2,1-4H3,(H,17,18). The number of benzene rings is 1. The zero-order chi connectivity index (χ0) is 14.3. The van der Waals surface area contributed by atoms with Crippen molar-refractivity contribution < 1.29 is 9.53 Å². The molecule has 1 aromatic rings. The quantitative estimate of drug-likeness (QED) is 0.792.